The average molecular weight is 525 g/mol. The Kier molecular flexibility index (Phi) is 9.59. The minimum atomic E-state index is -0.873. The lowest BCUT2D eigenvalue weighted by atomic mass is 9.99. The van der Waals surface area contributed by atoms with Crippen LogP contribution in [0.4, 0.5) is 4.79 Å². The van der Waals surface area contributed by atoms with Gasteiger partial charge in [-0.05, 0) is 58.3 Å². The number of ether oxygens (including phenoxy) is 3. The van der Waals surface area contributed by atoms with Crippen molar-refractivity contribution in [3.63, 3.8) is 0 Å². The van der Waals surface area contributed by atoms with E-state index in [0.717, 1.165) is 5.56 Å². The molecule has 0 aliphatic rings. The summed E-state index contributed by atoms with van der Waals surface area (Å²) in [6.45, 7) is 3.85. The number of amides is 1. The van der Waals surface area contributed by atoms with E-state index in [1.807, 2.05) is 66.8 Å². The Labute approximate surface area is 189 Å². The zero-order valence-corrected chi connectivity index (χ0v) is 19.0. The second kappa shape index (κ2) is 12.2. The summed E-state index contributed by atoms with van der Waals surface area (Å²) in [7, 11) is 0. The van der Waals surface area contributed by atoms with Crippen LogP contribution in [0.1, 0.15) is 36.2 Å². The summed E-state index contributed by atoms with van der Waals surface area (Å²) in [5.41, 5.74) is 1.20. The van der Waals surface area contributed by atoms with Gasteiger partial charge in [-0.1, -0.05) is 50.6 Å². The molecule has 2 rings (SSSR count). The molecule has 0 unspecified atom stereocenters. The molecule has 1 N–H and O–H groups in total. The molecule has 0 aliphatic carbocycles. The maximum Gasteiger partial charge on any atom is 0.408 e. The van der Waals surface area contributed by atoms with Crippen molar-refractivity contribution in [2.75, 3.05) is 4.61 Å². The van der Waals surface area contributed by atoms with Gasteiger partial charge in [0.25, 0.3) is 0 Å². The zero-order valence-electron chi connectivity index (χ0n) is 16.8. The summed E-state index contributed by atoms with van der Waals surface area (Å²) in [6.07, 6.45) is -0.0437. The summed E-state index contributed by atoms with van der Waals surface area (Å²) in [6, 6.07) is 14.4. The van der Waals surface area contributed by atoms with Crippen LogP contribution in [0.5, 0.6) is 5.75 Å². The van der Waals surface area contributed by atoms with Gasteiger partial charge in [0.15, 0.2) is 0 Å². The topological polar surface area (TPSA) is 90.9 Å². The van der Waals surface area contributed by atoms with Crippen LogP contribution >= 0.6 is 22.6 Å². The molecular formula is C22H24INO6. The van der Waals surface area contributed by atoms with Crippen LogP contribution in [0.2, 0.25) is 0 Å². The van der Waals surface area contributed by atoms with Crippen molar-refractivity contribution in [3.8, 4) is 5.75 Å². The second-order valence-corrected chi connectivity index (χ2v) is 7.18. The molecule has 30 heavy (non-hydrogen) atoms. The van der Waals surface area contributed by atoms with E-state index in [9.17, 15) is 14.4 Å². The van der Waals surface area contributed by atoms with Gasteiger partial charge in [-0.15, -0.1) is 0 Å². The number of hydrogen-bond acceptors (Lipinski definition) is 6. The summed E-state index contributed by atoms with van der Waals surface area (Å²) in [5.74, 6) is -0.968. The van der Waals surface area contributed by atoms with Gasteiger partial charge >= 0.3 is 18.0 Å². The third-order valence-corrected chi connectivity index (χ3v) is 4.76. The van der Waals surface area contributed by atoms with Gasteiger partial charge in [0.05, 0.1) is 5.56 Å². The highest BCUT2D eigenvalue weighted by atomic mass is 127. The number of esters is 2. The summed E-state index contributed by atoms with van der Waals surface area (Å²) < 4.78 is 15.8. The number of benzene rings is 2. The maximum atomic E-state index is 12.7. The van der Waals surface area contributed by atoms with Crippen LogP contribution in [-0.4, -0.2) is 28.7 Å². The SMILES string of the molecule is CC[C@H](C)[C@H](NC(=O)OCc1ccccc1)C(=O)Oc1ccc(C(=O)OCI)cc1. The van der Waals surface area contributed by atoms with Crippen LogP contribution in [-0.2, 0) is 20.9 Å². The summed E-state index contributed by atoms with van der Waals surface area (Å²) in [4.78, 5) is 36.6. The lowest BCUT2D eigenvalue weighted by Gasteiger charge is -2.22. The molecule has 8 heteroatoms. The molecule has 0 aromatic heterocycles. The van der Waals surface area contributed by atoms with Gasteiger partial charge in [-0.25, -0.2) is 14.4 Å². The number of alkyl halides is 1. The largest absolute Gasteiger partial charge is 0.451 e. The maximum absolute atomic E-state index is 12.7. The fraction of sp³-hybridized carbons (Fsp3) is 0.318. The average Bonchev–Trinajstić information content (AvgIpc) is 2.76. The fourth-order valence-electron chi connectivity index (χ4n) is 2.53. The molecule has 0 bridgehead atoms. The van der Waals surface area contributed by atoms with E-state index in [1.165, 1.54) is 24.3 Å². The van der Waals surface area contributed by atoms with Crippen molar-refractivity contribution < 1.29 is 28.6 Å². The highest BCUT2D eigenvalue weighted by Gasteiger charge is 2.28. The minimum Gasteiger partial charge on any atom is -0.451 e. The van der Waals surface area contributed by atoms with E-state index in [2.05, 4.69) is 5.32 Å². The second-order valence-electron chi connectivity index (χ2n) is 6.56. The molecule has 2 aromatic carbocycles. The van der Waals surface area contributed by atoms with Crippen LogP contribution in [0.15, 0.2) is 54.6 Å². The summed E-state index contributed by atoms with van der Waals surface area (Å²) >= 11 is 1.93. The quantitative estimate of drug-likeness (QED) is 0.225. The number of halogens is 1. The van der Waals surface area contributed by atoms with Crippen molar-refractivity contribution >= 4 is 40.6 Å². The molecule has 160 valence electrons. The van der Waals surface area contributed by atoms with Gasteiger partial charge in [0, 0.05) is 0 Å². The standard InChI is InChI=1S/C22H24INO6/c1-3-15(2)19(24-22(27)28-13-16-7-5-4-6-8-16)21(26)30-18-11-9-17(10-12-18)20(25)29-14-23/h4-12,15,19H,3,13-14H2,1-2H3,(H,24,27)/t15-,19-/m0/s1. The van der Waals surface area contributed by atoms with Gasteiger partial charge in [0.2, 0.25) is 0 Å². The van der Waals surface area contributed by atoms with E-state index in [-0.39, 0.29) is 22.9 Å². The molecule has 0 spiro atoms. The molecule has 1 amide bonds. The van der Waals surface area contributed by atoms with E-state index < -0.39 is 24.1 Å². The van der Waals surface area contributed by atoms with Crippen molar-refractivity contribution in [3.05, 3.63) is 65.7 Å². The van der Waals surface area contributed by atoms with Crippen molar-refractivity contribution in [2.45, 2.75) is 32.9 Å². The fourth-order valence-corrected chi connectivity index (χ4v) is 2.82. The highest BCUT2D eigenvalue weighted by molar-refractivity contribution is 14.1. The third-order valence-electron chi connectivity index (χ3n) is 4.45. The molecule has 0 saturated heterocycles. The first-order chi connectivity index (χ1) is 14.4. The summed E-state index contributed by atoms with van der Waals surface area (Å²) in [5, 5.41) is 2.59. The number of nitrogens with one attached hydrogen (secondary N) is 1. The van der Waals surface area contributed by atoms with Crippen LogP contribution in [0, 0.1) is 5.92 Å². The lowest BCUT2D eigenvalue weighted by Crippen LogP contribution is -2.47. The molecule has 7 nitrogen and oxygen atoms in total. The van der Waals surface area contributed by atoms with Crippen LogP contribution < -0.4 is 10.1 Å². The Balaban J connectivity index is 1.97. The van der Waals surface area contributed by atoms with Crippen molar-refractivity contribution in [1.82, 2.24) is 5.32 Å². The first kappa shape index (κ1) is 23.7. The van der Waals surface area contributed by atoms with Crippen LogP contribution in [0.25, 0.3) is 0 Å². The molecule has 2 atom stereocenters. The zero-order chi connectivity index (χ0) is 21.9. The van der Waals surface area contributed by atoms with Crippen molar-refractivity contribution in [1.29, 1.82) is 0 Å². The number of rotatable bonds is 9. The molecule has 0 fully saturated rings. The number of hydrogen-bond donors (Lipinski definition) is 1. The number of carbonyl (C=O) groups excluding carboxylic acids is 3. The Morgan fingerprint density at radius 3 is 2.27 bits per heavy atom. The van der Waals surface area contributed by atoms with Crippen LogP contribution in [0.3, 0.4) is 0 Å². The lowest BCUT2D eigenvalue weighted by molar-refractivity contribution is -0.138. The van der Waals surface area contributed by atoms with E-state index in [0.29, 0.717) is 12.0 Å². The van der Waals surface area contributed by atoms with E-state index >= 15 is 0 Å². The first-order valence-electron chi connectivity index (χ1n) is 9.46. The monoisotopic (exact) mass is 525 g/mol. The third kappa shape index (κ3) is 7.33. The Morgan fingerprint density at radius 2 is 1.67 bits per heavy atom. The van der Waals surface area contributed by atoms with E-state index in [4.69, 9.17) is 14.2 Å². The normalized spacial score (nSPS) is 12.4. The molecule has 0 radical (unpaired) electrons. The van der Waals surface area contributed by atoms with Gasteiger partial charge < -0.3 is 19.5 Å². The molecule has 2 aromatic rings. The highest BCUT2D eigenvalue weighted by Crippen LogP contribution is 2.17. The number of carbonyl (C=O) groups is 3. The molecule has 0 aliphatic heterocycles. The Bertz CT molecular complexity index is 840. The van der Waals surface area contributed by atoms with E-state index in [1.54, 1.807) is 0 Å². The van der Waals surface area contributed by atoms with Gasteiger partial charge in [0.1, 0.15) is 23.0 Å². The first-order valence-corrected chi connectivity index (χ1v) is 11.0. The predicted octanol–water partition coefficient (Wildman–Crippen LogP) is 4.48. The molecular weight excluding hydrogens is 501 g/mol. The van der Waals surface area contributed by atoms with Gasteiger partial charge in [-0.2, -0.15) is 0 Å². The van der Waals surface area contributed by atoms with Crippen molar-refractivity contribution in [2.24, 2.45) is 5.92 Å². The van der Waals surface area contributed by atoms with Gasteiger partial charge in [-0.3, -0.25) is 0 Å². The Morgan fingerprint density at radius 1 is 1.00 bits per heavy atom. The number of alkyl carbamates (subject to hydrolysis) is 1. The molecule has 0 saturated carbocycles. The Hall–Kier alpha value is -2.62. The predicted molar refractivity (Wildman–Crippen MR) is 119 cm³/mol. The molecule has 0 heterocycles. The smallest absolute Gasteiger partial charge is 0.408 e. The minimum absolute atomic E-state index is 0.101.